The third-order valence-corrected chi connectivity index (χ3v) is 9.63. The molecule has 6 heteroatoms. The normalized spacial score (nSPS) is 15.2. The summed E-state index contributed by atoms with van der Waals surface area (Å²) in [7, 11) is -0.568. The lowest BCUT2D eigenvalue weighted by Crippen LogP contribution is -2.41. The third kappa shape index (κ3) is 5.24. The highest BCUT2D eigenvalue weighted by atomic mass is 16.7. The van der Waals surface area contributed by atoms with E-state index in [4.69, 9.17) is 13.7 Å². The van der Waals surface area contributed by atoms with Gasteiger partial charge < -0.3 is 23.5 Å². The number of fused-ring (bicyclic) bond motifs is 3. The molecule has 1 saturated heterocycles. The van der Waals surface area contributed by atoms with Crippen LogP contribution in [0.15, 0.2) is 156 Å². The van der Waals surface area contributed by atoms with E-state index in [2.05, 4.69) is 159 Å². The quantitative estimate of drug-likeness (QED) is 0.164. The van der Waals surface area contributed by atoms with E-state index in [9.17, 15) is 0 Å². The average Bonchev–Trinajstić information content (AvgIpc) is 3.59. The Hall–Kier alpha value is -5.30. The van der Waals surface area contributed by atoms with E-state index < -0.39 is 18.3 Å². The number of anilines is 6. The van der Waals surface area contributed by atoms with Gasteiger partial charge in [-0.2, -0.15) is 0 Å². The van der Waals surface area contributed by atoms with E-state index in [0.717, 1.165) is 61.5 Å². The first-order valence-corrected chi connectivity index (χ1v) is 16.5. The van der Waals surface area contributed by atoms with Crippen LogP contribution in [0.25, 0.3) is 21.9 Å². The van der Waals surface area contributed by atoms with Crippen LogP contribution in [-0.4, -0.2) is 18.3 Å². The van der Waals surface area contributed by atoms with Gasteiger partial charge in [-0.05, 0) is 99.9 Å². The van der Waals surface area contributed by atoms with E-state index in [1.807, 2.05) is 30.3 Å². The van der Waals surface area contributed by atoms with Gasteiger partial charge in [-0.3, -0.25) is 0 Å². The van der Waals surface area contributed by atoms with Crippen molar-refractivity contribution >= 4 is 68.6 Å². The van der Waals surface area contributed by atoms with Crippen LogP contribution in [0.4, 0.5) is 34.1 Å². The van der Waals surface area contributed by atoms with Crippen LogP contribution in [0.5, 0.6) is 0 Å². The molecule has 0 radical (unpaired) electrons. The standard InChI is InChI=1S/C42H37BN2O3/c1-41(2)42(3,4)48-43(47-41)30-27-34(44(31-17-8-5-9-18-31)32-19-10-6-11-20-32)29-35(28-30)45(33-21-12-7-13-22-33)38-25-16-24-37-36-23-14-15-26-39(36)46-40(37)38/h5-29H,1-4H3. The summed E-state index contributed by atoms with van der Waals surface area (Å²) in [5.74, 6) is 0. The van der Waals surface area contributed by atoms with Crippen molar-refractivity contribution in [2.45, 2.75) is 38.9 Å². The Bertz CT molecular complexity index is 2160. The van der Waals surface area contributed by atoms with Gasteiger partial charge in [-0.25, -0.2) is 0 Å². The Morgan fingerprint density at radius 1 is 0.458 bits per heavy atom. The predicted molar refractivity (Wildman–Crippen MR) is 199 cm³/mol. The van der Waals surface area contributed by atoms with Crippen LogP contribution in [0.1, 0.15) is 27.7 Å². The lowest BCUT2D eigenvalue weighted by atomic mass is 9.78. The van der Waals surface area contributed by atoms with Gasteiger partial charge in [0.25, 0.3) is 0 Å². The molecule has 5 nitrogen and oxygen atoms in total. The monoisotopic (exact) mass is 628 g/mol. The molecule has 0 N–H and O–H groups in total. The first kappa shape index (κ1) is 30.1. The molecule has 48 heavy (non-hydrogen) atoms. The highest BCUT2D eigenvalue weighted by Gasteiger charge is 2.52. The topological polar surface area (TPSA) is 38.1 Å². The van der Waals surface area contributed by atoms with E-state index in [0.29, 0.717) is 0 Å². The first-order valence-electron chi connectivity index (χ1n) is 16.5. The first-order chi connectivity index (χ1) is 23.3. The van der Waals surface area contributed by atoms with E-state index in [1.165, 1.54) is 0 Å². The second-order valence-corrected chi connectivity index (χ2v) is 13.3. The zero-order valence-electron chi connectivity index (χ0n) is 27.6. The SMILES string of the molecule is CC1(C)OB(c2cc(N(c3ccccc3)c3ccccc3)cc(N(c3ccccc3)c3cccc4c3oc3ccccc34)c2)OC1(C)C. The van der Waals surface area contributed by atoms with Crippen LogP contribution in [0, 0.1) is 0 Å². The molecule has 0 amide bonds. The van der Waals surface area contributed by atoms with Crippen molar-refractivity contribution in [1.82, 2.24) is 0 Å². The van der Waals surface area contributed by atoms with Gasteiger partial charge in [0, 0.05) is 39.2 Å². The zero-order chi connectivity index (χ0) is 32.9. The van der Waals surface area contributed by atoms with Crippen LogP contribution < -0.4 is 15.3 Å². The van der Waals surface area contributed by atoms with E-state index in [1.54, 1.807) is 0 Å². The molecule has 0 bridgehead atoms. The maximum Gasteiger partial charge on any atom is 0.494 e. The van der Waals surface area contributed by atoms with Crippen molar-refractivity contribution < 1.29 is 13.7 Å². The van der Waals surface area contributed by atoms with Crippen molar-refractivity contribution in [3.8, 4) is 0 Å². The van der Waals surface area contributed by atoms with Crippen LogP contribution in [0.3, 0.4) is 0 Å². The Balaban J connectivity index is 1.40. The Morgan fingerprint density at radius 2 is 0.938 bits per heavy atom. The Kier molecular flexibility index (Phi) is 7.36. The number of hydrogen-bond donors (Lipinski definition) is 0. The van der Waals surface area contributed by atoms with Gasteiger partial charge in [0.2, 0.25) is 0 Å². The number of hydrogen-bond acceptors (Lipinski definition) is 5. The molecule has 1 aromatic heterocycles. The molecule has 0 atom stereocenters. The molecule has 236 valence electrons. The third-order valence-electron chi connectivity index (χ3n) is 9.63. The highest BCUT2D eigenvalue weighted by molar-refractivity contribution is 6.62. The minimum atomic E-state index is -0.568. The molecule has 6 aromatic carbocycles. The molecule has 0 unspecified atom stereocenters. The number of benzene rings is 6. The summed E-state index contributed by atoms with van der Waals surface area (Å²) >= 11 is 0. The fourth-order valence-electron chi connectivity index (χ4n) is 6.51. The van der Waals surface area contributed by atoms with Gasteiger partial charge in [-0.15, -0.1) is 0 Å². The summed E-state index contributed by atoms with van der Waals surface area (Å²) in [4.78, 5) is 4.56. The van der Waals surface area contributed by atoms with E-state index in [-0.39, 0.29) is 0 Å². The summed E-state index contributed by atoms with van der Waals surface area (Å²) in [5, 5.41) is 2.16. The Labute approximate surface area is 282 Å². The number of furan rings is 1. The maximum atomic E-state index is 6.67. The number of para-hydroxylation sites is 5. The summed E-state index contributed by atoms with van der Waals surface area (Å²) in [5.41, 5.74) is 7.60. The molecular weight excluding hydrogens is 591 g/mol. The molecule has 7 aromatic rings. The molecule has 1 aliphatic heterocycles. The molecule has 8 rings (SSSR count). The second-order valence-electron chi connectivity index (χ2n) is 13.3. The minimum Gasteiger partial charge on any atom is -0.454 e. The largest absolute Gasteiger partial charge is 0.494 e. The van der Waals surface area contributed by atoms with Crippen molar-refractivity contribution in [2.24, 2.45) is 0 Å². The minimum absolute atomic E-state index is 0.495. The average molecular weight is 629 g/mol. The van der Waals surface area contributed by atoms with Crippen molar-refractivity contribution in [1.29, 1.82) is 0 Å². The van der Waals surface area contributed by atoms with E-state index >= 15 is 0 Å². The summed E-state index contributed by atoms with van der Waals surface area (Å²) in [6.45, 7) is 8.38. The van der Waals surface area contributed by atoms with Gasteiger partial charge in [0.1, 0.15) is 5.58 Å². The summed E-state index contributed by atoms with van der Waals surface area (Å²) in [6.07, 6.45) is 0. The van der Waals surface area contributed by atoms with Crippen LogP contribution in [-0.2, 0) is 9.31 Å². The summed E-state index contributed by atoms with van der Waals surface area (Å²) in [6, 6.07) is 52.6. The molecule has 0 aliphatic carbocycles. The lowest BCUT2D eigenvalue weighted by Gasteiger charge is -2.32. The van der Waals surface area contributed by atoms with Crippen molar-refractivity contribution in [3.05, 3.63) is 152 Å². The maximum absolute atomic E-state index is 6.67. The van der Waals surface area contributed by atoms with Crippen molar-refractivity contribution in [2.75, 3.05) is 9.80 Å². The van der Waals surface area contributed by atoms with Crippen LogP contribution >= 0.6 is 0 Å². The molecule has 2 heterocycles. The van der Waals surface area contributed by atoms with Gasteiger partial charge in [0.15, 0.2) is 5.58 Å². The predicted octanol–water partition coefficient (Wildman–Crippen LogP) is 10.8. The highest BCUT2D eigenvalue weighted by Crippen LogP contribution is 2.45. The van der Waals surface area contributed by atoms with Crippen LogP contribution in [0.2, 0.25) is 0 Å². The van der Waals surface area contributed by atoms with Crippen molar-refractivity contribution in [3.63, 3.8) is 0 Å². The van der Waals surface area contributed by atoms with Gasteiger partial charge >= 0.3 is 7.12 Å². The zero-order valence-corrected chi connectivity index (χ0v) is 27.6. The summed E-state index contributed by atoms with van der Waals surface area (Å²) < 4.78 is 20.0. The Morgan fingerprint density at radius 3 is 1.52 bits per heavy atom. The molecule has 1 fully saturated rings. The molecule has 0 spiro atoms. The van der Waals surface area contributed by atoms with Gasteiger partial charge in [0.05, 0.1) is 16.9 Å². The fraction of sp³-hybridized carbons (Fsp3) is 0.143. The second kappa shape index (κ2) is 11.7. The lowest BCUT2D eigenvalue weighted by molar-refractivity contribution is 0.00578. The van der Waals surface area contributed by atoms with Gasteiger partial charge in [-0.1, -0.05) is 84.9 Å². The smallest absolute Gasteiger partial charge is 0.454 e. The fourth-order valence-corrected chi connectivity index (χ4v) is 6.51. The molecular formula is C42H37BN2O3. The number of rotatable bonds is 7. The molecule has 0 saturated carbocycles. The number of nitrogens with zero attached hydrogens (tertiary/aromatic N) is 2. The molecule has 1 aliphatic rings.